The summed E-state index contributed by atoms with van der Waals surface area (Å²) in [7, 11) is 0. The molecule has 1 fully saturated rings. The first-order valence-electron chi connectivity index (χ1n) is 9.35. The van der Waals surface area contributed by atoms with E-state index in [1.54, 1.807) is 4.90 Å². The molecule has 0 aliphatic carbocycles. The first-order chi connectivity index (χ1) is 12.1. The molecule has 0 atom stereocenters. The van der Waals surface area contributed by atoms with Crippen LogP contribution in [0.3, 0.4) is 0 Å². The van der Waals surface area contributed by atoms with Crippen molar-refractivity contribution in [2.75, 3.05) is 26.2 Å². The molecular formula is C20H30N2O3. The molecule has 1 saturated heterocycles. The first-order valence-corrected chi connectivity index (χ1v) is 9.35. The van der Waals surface area contributed by atoms with Gasteiger partial charge in [-0.3, -0.25) is 9.59 Å². The number of aryl methyl sites for hydroxylation is 1. The quantitative estimate of drug-likeness (QED) is 0.736. The average Bonchev–Trinajstić information content (AvgIpc) is 2.64. The molecule has 0 radical (unpaired) electrons. The molecule has 0 saturated carbocycles. The first kappa shape index (κ1) is 19.3. The van der Waals surface area contributed by atoms with Gasteiger partial charge in [-0.15, -0.1) is 0 Å². The smallest absolute Gasteiger partial charge is 0.260 e. The summed E-state index contributed by atoms with van der Waals surface area (Å²) in [5, 5.41) is 3.02. The second kappa shape index (κ2) is 10.1. The fraction of sp³-hybridized carbons (Fsp3) is 0.600. The van der Waals surface area contributed by atoms with Crippen LogP contribution in [-0.2, 0) is 9.59 Å². The summed E-state index contributed by atoms with van der Waals surface area (Å²) in [4.78, 5) is 26.2. The van der Waals surface area contributed by atoms with Crippen LogP contribution in [0.15, 0.2) is 24.3 Å². The SMILES string of the molecule is CCCCCNC(=O)C1CCN(C(=O)COc2ccc(C)cc2)CC1. The third-order valence-electron chi connectivity index (χ3n) is 4.68. The summed E-state index contributed by atoms with van der Waals surface area (Å²) >= 11 is 0. The standard InChI is InChI=1S/C20H30N2O3/c1-3-4-5-12-21-20(24)17-10-13-22(14-11-17)19(23)15-25-18-8-6-16(2)7-9-18/h6-9,17H,3-5,10-15H2,1-2H3,(H,21,24). The molecule has 0 bridgehead atoms. The highest BCUT2D eigenvalue weighted by Crippen LogP contribution is 2.18. The molecule has 1 aliphatic rings. The predicted molar refractivity (Wildman–Crippen MR) is 98.5 cm³/mol. The van der Waals surface area contributed by atoms with Crippen LogP contribution in [0.1, 0.15) is 44.6 Å². The lowest BCUT2D eigenvalue weighted by Gasteiger charge is -2.31. The van der Waals surface area contributed by atoms with Crippen molar-refractivity contribution in [1.82, 2.24) is 10.2 Å². The highest BCUT2D eigenvalue weighted by molar-refractivity contribution is 5.80. The minimum absolute atomic E-state index is 0.0117. The Bertz CT molecular complexity index is 549. The Hall–Kier alpha value is -2.04. The van der Waals surface area contributed by atoms with Crippen LogP contribution in [0.5, 0.6) is 5.75 Å². The van der Waals surface area contributed by atoms with E-state index in [0.717, 1.165) is 44.2 Å². The maximum atomic E-state index is 12.3. The lowest BCUT2D eigenvalue weighted by atomic mass is 9.96. The zero-order valence-electron chi connectivity index (χ0n) is 15.4. The van der Waals surface area contributed by atoms with Gasteiger partial charge in [-0.1, -0.05) is 37.5 Å². The van der Waals surface area contributed by atoms with Gasteiger partial charge < -0.3 is 15.0 Å². The Labute approximate surface area is 150 Å². The van der Waals surface area contributed by atoms with Crippen LogP contribution < -0.4 is 10.1 Å². The number of piperidine rings is 1. The highest BCUT2D eigenvalue weighted by atomic mass is 16.5. The molecule has 25 heavy (non-hydrogen) atoms. The lowest BCUT2D eigenvalue weighted by molar-refractivity contribution is -0.137. The van der Waals surface area contributed by atoms with Crippen molar-refractivity contribution in [1.29, 1.82) is 0 Å². The molecule has 5 nitrogen and oxygen atoms in total. The molecule has 2 rings (SSSR count). The second-order valence-electron chi connectivity index (χ2n) is 6.75. The zero-order chi connectivity index (χ0) is 18.1. The summed E-state index contributed by atoms with van der Waals surface area (Å²) in [6.07, 6.45) is 4.80. The molecule has 5 heteroatoms. The average molecular weight is 346 g/mol. The van der Waals surface area contributed by atoms with Crippen molar-refractivity contribution in [3.8, 4) is 5.75 Å². The van der Waals surface area contributed by atoms with Gasteiger partial charge in [-0.2, -0.15) is 0 Å². The lowest BCUT2D eigenvalue weighted by Crippen LogP contribution is -2.44. The number of ether oxygens (including phenoxy) is 1. The van der Waals surface area contributed by atoms with Crippen LogP contribution in [0.2, 0.25) is 0 Å². The van der Waals surface area contributed by atoms with Crippen molar-refractivity contribution in [3.63, 3.8) is 0 Å². The molecule has 138 valence electrons. The van der Waals surface area contributed by atoms with Gasteiger partial charge in [-0.05, 0) is 38.3 Å². The summed E-state index contributed by atoms with van der Waals surface area (Å²) in [6, 6.07) is 7.67. The summed E-state index contributed by atoms with van der Waals surface area (Å²) < 4.78 is 5.56. The predicted octanol–water partition coefficient (Wildman–Crippen LogP) is 2.92. The van der Waals surface area contributed by atoms with E-state index in [9.17, 15) is 9.59 Å². The monoisotopic (exact) mass is 346 g/mol. The molecule has 1 heterocycles. The molecule has 0 aromatic heterocycles. The number of nitrogens with one attached hydrogen (secondary N) is 1. The molecule has 1 aromatic rings. The number of rotatable bonds is 8. The van der Waals surface area contributed by atoms with Gasteiger partial charge in [0.1, 0.15) is 5.75 Å². The fourth-order valence-electron chi connectivity index (χ4n) is 2.99. The van der Waals surface area contributed by atoms with Crippen LogP contribution in [-0.4, -0.2) is 43.0 Å². The van der Waals surface area contributed by atoms with E-state index in [1.807, 2.05) is 31.2 Å². The van der Waals surface area contributed by atoms with Crippen molar-refractivity contribution in [2.45, 2.75) is 46.0 Å². The minimum Gasteiger partial charge on any atom is -0.484 e. The number of likely N-dealkylation sites (tertiary alicyclic amines) is 1. The topological polar surface area (TPSA) is 58.6 Å². The van der Waals surface area contributed by atoms with E-state index in [1.165, 1.54) is 0 Å². The number of nitrogens with zero attached hydrogens (tertiary/aromatic N) is 1. The van der Waals surface area contributed by atoms with Crippen molar-refractivity contribution in [2.24, 2.45) is 5.92 Å². The van der Waals surface area contributed by atoms with Crippen LogP contribution in [0.25, 0.3) is 0 Å². The molecule has 0 unspecified atom stereocenters. The second-order valence-corrected chi connectivity index (χ2v) is 6.75. The Balaban J connectivity index is 1.67. The number of unbranched alkanes of at least 4 members (excludes halogenated alkanes) is 2. The largest absolute Gasteiger partial charge is 0.484 e. The van der Waals surface area contributed by atoms with E-state index >= 15 is 0 Å². The maximum Gasteiger partial charge on any atom is 0.260 e. The number of amides is 2. The van der Waals surface area contributed by atoms with Crippen molar-refractivity contribution >= 4 is 11.8 Å². The third kappa shape index (κ3) is 6.40. The van der Waals surface area contributed by atoms with E-state index < -0.39 is 0 Å². The van der Waals surface area contributed by atoms with Gasteiger partial charge in [0.15, 0.2) is 6.61 Å². The number of carbonyl (C=O) groups excluding carboxylic acids is 2. The molecular weight excluding hydrogens is 316 g/mol. The van der Waals surface area contributed by atoms with E-state index in [2.05, 4.69) is 12.2 Å². The Morgan fingerprint density at radius 1 is 1.16 bits per heavy atom. The van der Waals surface area contributed by atoms with E-state index in [-0.39, 0.29) is 24.3 Å². The summed E-state index contributed by atoms with van der Waals surface area (Å²) in [5.41, 5.74) is 1.16. The fourth-order valence-corrected chi connectivity index (χ4v) is 2.99. The Morgan fingerprint density at radius 2 is 1.84 bits per heavy atom. The van der Waals surface area contributed by atoms with Gasteiger partial charge in [0.05, 0.1) is 0 Å². The van der Waals surface area contributed by atoms with Crippen molar-refractivity contribution < 1.29 is 14.3 Å². The summed E-state index contributed by atoms with van der Waals surface area (Å²) in [6.45, 7) is 6.23. The number of hydrogen-bond donors (Lipinski definition) is 1. The zero-order valence-corrected chi connectivity index (χ0v) is 15.4. The third-order valence-corrected chi connectivity index (χ3v) is 4.68. The molecule has 0 spiro atoms. The number of carbonyl (C=O) groups is 2. The van der Waals surface area contributed by atoms with E-state index in [4.69, 9.17) is 4.74 Å². The highest BCUT2D eigenvalue weighted by Gasteiger charge is 2.27. The molecule has 1 aromatic carbocycles. The van der Waals surface area contributed by atoms with Crippen LogP contribution in [0, 0.1) is 12.8 Å². The molecule has 1 N–H and O–H groups in total. The molecule has 2 amide bonds. The minimum atomic E-state index is -0.0117. The maximum absolute atomic E-state index is 12.3. The van der Waals surface area contributed by atoms with Crippen LogP contribution in [0.4, 0.5) is 0 Å². The van der Waals surface area contributed by atoms with Crippen LogP contribution >= 0.6 is 0 Å². The normalized spacial score (nSPS) is 15.0. The van der Waals surface area contributed by atoms with Gasteiger partial charge >= 0.3 is 0 Å². The molecule has 1 aliphatic heterocycles. The Kier molecular flexibility index (Phi) is 7.76. The van der Waals surface area contributed by atoms with Gasteiger partial charge in [-0.25, -0.2) is 0 Å². The van der Waals surface area contributed by atoms with Gasteiger partial charge in [0.25, 0.3) is 5.91 Å². The van der Waals surface area contributed by atoms with Crippen molar-refractivity contribution in [3.05, 3.63) is 29.8 Å². The number of hydrogen-bond acceptors (Lipinski definition) is 3. The Morgan fingerprint density at radius 3 is 2.48 bits per heavy atom. The van der Waals surface area contributed by atoms with E-state index in [0.29, 0.717) is 18.8 Å². The van der Waals surface area contributed by atoms with Gasteiger partial charge in [0.2, 0.25) is 5.91 Å². The summed E-state index contributed by atoms with van der Waals surface area (Å²) in [5.74, 6) is 0.866. The number of benzene rings is 1. The van der Waals surface area contributed by atoms with Gasteiger partial charge in [0, 0.05) is 25.6 Å².